The molecule has 1 amide bonds. The molecule has 2 aromatic heterocycles. The Balaban J connectivity index is 2.39. The van der Waals surface area contributed by atoms with Crippen LogP contribution >= 0.6 is 0 Å². The average molecular weight is 179 g/mol. The summed E-state index contributed by atoms with van der Waals surface area (Å²) in [4.78, 5) is 14.4. The molecule has 7 heteroatoms. The van der Waals surface area contributed by atoms with E-state index in [0.29, 0.717) is 5.69 Å². The minimum atomic E-state index is -0.665. The van der Waals surface area contributed by atoms with Crippen molar-refractivity contribution in [2.24, 2.45) is 5.73 Å². The number of nitrogens with two attached hydrogens (primary N) is 1. The highest BCUT2D eigenvalue weighted by molar-refractivity contribution is 5.89. The Hall–Kier alpha value is -2.18. The highest BCUT2D eigenvalue weighted by Crippen LogP contribution is 2.10. The molecule has 0 aromatic carbocycles. The van der Waals surface area contributed by atoms with Gasteiger partial charge in [0.05, 0.1) is 0 Å². The van der Waals surface area contributed by atoms with Crippen molar-refractivity contribution in [2.75, 3.05) is 0 Å². The number of nitrogens with zero attached hydrogens (tertiary/aromatic N) is 3. The molecule has 2 aromatic rings. The van der Waals surface area contributed by atoms with E-state index >= 15 is 0 Å². The molecular formula is C6H5N5O2. The smallest absolute Gasteiger partial charge is 0.286 e. The fourth-order valence-electron chi connectivity index (χ4n) is 0.814. The Morgan fingerprint density at radius 3 is 3.00 bits per heavy atom. The molecule has 0 aliphatic rings. The predicted octanol–water partition coefficient (Wildman–Crippen LogP) is -0.441. The van der Waals surface area contributed by atoms with Gasteiger partial charge in [-0.1, -0.05) is 5.16 Å². The molecule has 0 spiro atoms. The lowest BCUT2D eigenvalue weighted by atomic mass is 10.4. The van der Waals surface area contributed by atoms with Crippen LogP contribution in [0.3, 0.4) is 0 Å². The second-order valence-electron chi connectivity index (χ2n) is 2.26. The van der Waals surface area contributed by atoms with Crippen LogP contribution in [0, 0.1) is 0 Å². The van der Waals surface area contributed by atoms with Crippen LogP contribution in [0.2, 0.25) is 0 Å². The maximum Gasteiger partial charge on any atom is 0.286 e. The van der Waals surface area contributed by atoms with Crippen molar-refractivity contribution >= 4 is 5.91 Å². The SMILES string of the molecule is NC(=O)c1nc(-c2ccon2)n[nH]1. The molecule has 2 heterocycles. The molecule has 0 fully saturated rings. The second-order valence-corrected chi connectivity index (χ2v) is 2.26. The molecule has 0 aliphatic carbocycles. The lowest BCUT2D eigenvalue weighted by Crippen LogP contribution is -2.12. The molecule has 0 saturated carbocycles. The van der Waals surface area contributed by atoms with Gasteiger partial charge in [0.2, 0.25) is 11.6 Å². The number of carbonyl (C=O) groups is 1. The fourth-order valence-corrected chi connectivity index (χ4v) is 0.814. The van der Waals surface area contributed by atoms with E-state index in [2.05, 4.69) is 24.9 Å². The zero-order valence-electron chi connectivity index (χ0n) is 6.39. The normalized spacial score (nSPS) is 10.2. The standard InChI is InChI=1S/C6H5N5O2/c7-4(12)6-8-5(9-10-6)3-1-2-13-11-3/h1-2H,(H2,7,12)(H,8,9,10). The summed E-state index contributed by atoms with van der Waals surface area (Å²) in [6.45, 7) is 0. The van der Waals surface area contributed by atoms with Crippen LogP contribution in [-0.2, 0) is 0 Å². The van der Waals surface area contributed by atoms with Crippen molar-refractivity contribution in [1.82, 2.24) is 20.3 Å². The molecule has 0 aliphatic heterocycles. The van der Waals surface area contributed by atoms with Gasteiger partial charge in [0, 0.05) is 6.07 Å². The van der Waals surface area contributed by atoms with Crippen LogP contribution in [0.15, 0.2) is 16.9 Å². The van der Waals surface area contributed by atoms with Gasteiger partial charge in [-0.3, -0.25) is 9.89 Å². The van der Waals surface area contributed by atoms with Crippen molar-refractivity contribution < 1.29 is 9.32 Å². The van der Waals surface area contributed by atoms with E-state index in [0.717, 1.165) is 0 Å². The topological polar surface area (TPSA) is 111 Å². The molecule has 0 radical (unpaired) electrons. The average Bonchev–Trinajstić information content (AvgIpc) is 2.75. The summed E-state index contributed by atoms with van der Waals surface area (Å²) in [6.07, 6.45) is 1.38. The van der Waals surface area contributed by atoms with Crippen LogP contribution in [-0.4, -0.2) is 26.2 Å². The number of amides is 1. The first-order valence-corrected chi connectivity index (χ1v) is 3.40. The Kier molecular flexibility index (Phi) is 1.55. The van der Waals surface area contributed by atoms with Gasteiger partial charge in [-0.15, -0.1) is 0 Å². The van der Waals surface area contributed by atoms with Crippen molar-refractivity contribution in [3.63, 3.8) is 0 Å². The third-order valence-electron chi connectivity index (χ3n) is 1.39. The highest BCUT2D eigenvalue weighted by atomic mass is 16.5. The van der Waals surface area contributed by atoms with Gasteiger partial charge in [-0.25, -0.2) is 4.98 Å². The zero-order valence-corrected chi connectivity index (χ0v) is 6.39. The Bertz CT molecular complexity index is 418. The van der Waals surface area contributed by atoms with Crippen molar-refractivity contribution in [1.29, 1.82) is 0 Å². The molecule has 3 N–H and O–H groups in total. The molecule has 0 unspecified atom stereocenters. The van der Waals surface area contributed by atoms with Gasteiger partial charge in [0.15, 0.2) is 5.69 Å². The lowest BCUT2D eigenvalue weighted by Gasteiger charge is -1.81. The first kappa shape index (κ1) is 7.47. The van der Waals surface area contributed by atoms with Crippen LogP contribution in [0.5, 0.6) is 0 Å². The largest absolute Gasteiger partial charge is 0.364 e. The number of primary amides is 1. The third kappa shape index (κ3) is 1.26. The highest BCUT2D eigenvalue weighted by Gasteiger charge is 2.11. The van der Waals surface area contributed by atoms with Crippen LogP contribution in [0.25, 0.3) is 11.5 Å². The van der Waals surface area contributed by atoms with Gasteiger partial charge in [-0.2, -0.15) is 5.10 Å². The van der Waals surface area contributed by atoms with Crippen LogP contribution in [0.4, 0.5) is 0 Å². The van der Waals surface area contributed by atoms with Gasteiger partial charge in [0.1, 0.15) is 6.26 Å². The van der Waals surface area contributed by atoms with E-state index in [1.165, 1.54) is 6.26 Å². The lowest BCUT2D eigenvalue weighted by molar-refractivity contribution is 0.0991. The summed E-state index contributed by atoms with van der Waals surface area (Å²) in [7, 11) is 0. The summed E-state index contributed by atoms with van der Waals surface area (Å²) in [5.41, 5.74) is 5.41. The summed E-state index contributed by atoms with van der Waals surface area (Å²) in [5, 5.41) is 9.68. The maximum atomic E-state index is 10.6. The molecule has 66 valence electrons. The minimum absolute atomic E-state index is 0.00185. The first-order valence-electron chi connectivity index (χ1n) is 3.40. The van der Waals surface area contributed by atoms with E-state index in [4.69, 9.17) is 5.73 Å². The summed E-state index contributed by atoms with van der Waals surface area (Å²) < 4.78 is 4.58. The molecule has 13 heavy (non-hydrogen) atoms. The Morgan fingerprint density at radius 1 is 1.62 bits per heavy atom. The summed E-state index contributed by atoms with van der Waals surface area (Å²) in [6, 6.07) is 1.58. The number of nitrogens with one attached hydrogen (secondary N) is 1. The molecule has 0 bridgehead atoms. The van der Waals surface area contributed by atoms with E-state index in [-0.39, 0.29) is 11.6 Å². The van der Waals surface area contributed by atoms with Crippen LogP contribution < -0.4 is 5.73 Å². The molecule has 0 atom stereocenters. The fraction of sp³-hybridized carbons (Fsp3) is 0. The summed E-state index contributed by atoms with van der Waals surface area (Å²) >= 11 is 0. The van der Waals surface area contributed by atoms with E-state index in [1.54, 1.807) is 6.07 Å². The molecule has 2 rings (SSSR count). The molecule has 7 nitrogen and oxygen atoms in total. The maximum absolute atomic E-state index is 10.6. The number of carbonyl (C=O) groups excluding carboxylic acids is 1. The van der Waals surface area contributed by atoms with Gasteiger partial charge in [-0.05, 0) is 0 Å². The van der Waals surface area contributed by atoms with E-state index in [1.807, 2.05) is 0 Å². The van der Waals surface area contributed by atoms with Crippen LogP contribution in [0.1, 0.15) is 10.6 Å². The third-order valence-corrected chi connectivity index (χ3v) is 1.39. The zero-order chi connectivity index (χ0) is 9.26. The van der Waals surface area contributed by atoms with E-state index in [9.17, 15) is 4.79 Å². The number of rotatable bonds is 2. The Morgan fingerprint density at radius 2 is 2.46 bits per heavy atom. The van der Waals surface area contributed by atoms with Crippen molar-refractivity contribution in [2.45, 2.75) is 0 Å². The van der Waals surface area contributed by atoms with Crippen molar-refractivity contribution in [3.8, 4) is 11.5 Å². The number of aromatic amines is 1. The number of hydrogen-bond acceptors (Lipinski definition) is 5. The number of aromatic nitrogens is 4. The van der Waals surface area contributed by atoms with Gasteiger partial charge in [0.25, 0.3) is 5.91 Å². The first-order chi connectivity index (χ1) is 6.27. The quantitative estimate of drug-likeness (QED) is 0.649. The number of hydrogen-bond donors (Lipinski definition) is 2. The monoisotopic (exact) mass is 179 g/mol. The predicted molar refractivity (Wildman–Crippen MR) is 40.4 cm³/mol. The van der Waals surface area contributed by atoms with Crippen molar-refractivity contribution in [3.05, 3.63) is 18.2 Å². The van der Waals surface area contributed by atoms with Gasteiger partial charge >= 0.3 is 0 Å². The Labute approximate surface area is 71.9 Å². The van der Waals surface area contributed by atoms with E-state index < -0.39 is 5.91 Å². The number of H-pyrrole nitrogens is 1. The summed E-state index contributed by atoms with van der Waals surface area (Å²) in [5.74, 6) is -0.386. The molecule has 0 saturated heterocycles. The van der Waals surface area contributed by atoms with Gasteiger partial charge < -0.3 is 10.3 Å². The minimum Gasteiger partial charge on any atom is -0.364 e. The molecular weight excluding hydrogens is 174 g/mol. The second kappa shape index (κ2) is 2.70.